The Morgan fingerprint density at radius 3 is 2.36 bits per heavy atom. The van der Waals surface area contributed by atoms with Crippen molar-refractivity contribution in [1.29, 1.82) is 0 Å². The lowest BCUT2D eigenvalue weighted by Crippen LogP contribution is -2.13. The molecule has 66 valence electrons. The average Bonchev–Trinajstić information content (AvgIpc) is 2.06. The highest BCUT2D eigenvalue weighted by Crippen LogP contribution is 2.52. The first-order valence-corrected chi connectivity index (χ1v) is 7.23. The van der Waals surface area contributed by atoms with Gasteiger partial charge in [0.2, 0.25) is 0 Å². The second kappa shape index (κ2) is 3.96. The van der Waals surface area contributed by atoms with Crippen LogP contribution in [-0.2, 0) is 4.57 Å². The molecule has 0 aromatic rings. The fourth-order valence-corrected chi connectivity index (χ4v) is 3.96. The van der Waals surface area contributed by atoms with Gasteiger partial charge in [0.05, 0.1) is 5.62 Å². The minimum absolute atomic E-state index is 0.373. The number of halogens is 1. The maximum Gasteiger partial charge on any atom is 0.102 e. The number of hydrogen-bond donors (Lipinski definition) is 0. The highest BCUT2D eigenvalue weighted by atomic mass is 35.5. The summed E-state index contributed by atoms with van der Waals surface area (Å²) < 4.78 is 11.8. The molecule has 1 saturated carbocycles. The van der Waals surface area contributed by atoms with E-state index < -0.39 is 7.14 Å². The topological polar surface area (TPSA) is 17.1 Å². The second-order valence-corrected chi connectivity index (χ2v) is 7.62. The van der Waals surface area contributed by atoms with Crippen LogP contribution < -0.4 is 0 Å². The molecule has 0 aliphatic heterocycles. The summed E-state index contributed by atoms with van der Waals surface area (Å²) in [5.41, 5.74) is 0.811. The van der Waals surface area contributed by atoms with Gasteiger partial charge < -0.3 is 4.57 Å². The lowest BCUT2D eigenvalue weighted by atomic mass is 10.0. The van der Waals surface area contributed by atoms with Crippen LogP contribution in [0.15, 0.2) is 0 Å². The van der Waals surface area contributed by atoms with Crippen molar-refractivity contribution in [3.63, 3.8) is 0 Å². The molecule has 1 aliphatic carbocycles. The van der Waals surface area contributed by atoms with Gasteiger partial charge in [-0.05, 0) is 19.5 Å². The maximum atomic E-state index is 11.8. The molecule has 1 atom stereocenters. The third-order valence-corrected chi connectivity index (χ3v) is 6.54. The Bertz CT molecular complexity index is 163. The molecule has 1 unspecified atom stereocenters. The third-order valence-electron chi connectivity index (χ3n) is 2.58. The highest BCUT2D eigenvalue weighted by molar-refractivity contribution is 7.65. The quantitative estimate of drug-likeness (QED) is 0.486. The summed E-state index contributed by atoms with van der Waals surface area (Å²) in [5, 5.41) is 0. The summed E-state index contributed by atoms with van der Waals surface area (Å²) in [4.78, 5) is 0. The molecule has 0 bridgehead atoms. The van der Waals surface area contributed by atoms with Crippen LogP contribution in [0.25, 0.3) is 0 Å². The molecule has 0 heterocycles. The maximum absolute atomic E-state index is 11.8. The van der Waals surface area contributed by atoms with Gasteiger partial charge in [-0.2, -0.15) is 0 Å². The number of rotatable bonds is 2. The molecule has 1 rings (SSSR count). The minimum atomic E-state index is -1.98. The molecule has 0 amide bonds. The molecule has 0 spiro atoms. The van der Waals surface area contributed by atoms with E-state index in [1.165, 1.54) is 19.3 Å². The summed E-state index contributed by atoms with van der Waals surface area (Å²) in [5.74, 6) is 0. The zero-order valence-electron chi connectivity index (χ0n) is 7.05. The fourth-order valence-electron chi connectivity index (χ4n) is 1.72. The van der Waals surface area contributed by atoms with Gasteiger partial charge in [0.1, 0.15) is 7.14 Å². The van der Waals surface area contributed by atoms with E-state index in [4.69, 9.17) is 11.6 Å². The molecule has 11 heavy (non-hydrogen) atoms. The van der Waals surface area contributed by atoms with Crippen molar-refractivity contribution < 1.29 is 4.57 Å². The molecule has 0 N–H and O–H groups in total. The van der Waals surface area contributed by atoms with Crippen molar-refractivity contribution in [3.8, 4) is 0 Å². The van der Waals surface area contributed by atoms with E-state index >= 15 is 0 Å². The first kappa shape index (κ1) is 9.61. The normalized spacial score (nSPS) is 26.4. The predicted octanol–water partition coefficient (Wildman–Crippen LogP) is 3.51. The number of alkyl halides is 1. The molecule has 3 heteroatoms. The average molecular weight is 195 g/mol. The van der Waals surface area contributed by atoms with Crippen molar-refractivity contribution in [2.45, 2.75) is 37.8 Å². The summed E-state index contributed by atoms with van der Waals surface area (Å²) in [7, 11) is -1.98. The van der Waals surface area contributed by atoms with Crippen LogP contribution in [0.1, 0.15) is 32.1 Å². The Balaban J connectivity index is 2.51. The molecule has 1 fully saturated rings. The lowest BCUT2D eigenvalue weighted by Gasteiger charge is -2.26. The van der Waals surface area contributed by atoms with Crippen LogP contribution in [0.4, 0.5) is 0 Å². The van der Waals surface area contributed by atoms with Crippen LogP contribution >= 0.6 is 18.7 Å². The van der Waals surface area contributed by atoms with Crippen LogP contribution in [0.2, 0.25) is 0 Å². The smallest absolute Gasteiger partial charge is 0.102 e. The van der Waals surface area contributed by atoms with Gasteiger partial charge >= 0.3 is 0 Å². The van der Waals surface area contributed by atoms with Crippen molar-refractivity contribution in [3.05, 3.63) is 0 Å². The Hall–Kier alpha value is 0.520. The minimum Gasteiger partial charge on any atom is -0.322 e. The molecular weight excluding hydrogens is 179 g/mol. The van der Waals surface area contributed by atoms with Gasteiger partial charge in [-0.1, -0.05) is 19.3 Å². The van der Waals surface area contributed by atoms with Crippen LogP contribution in [-0.4, -0.2) is 17.9 Å². The zero-order valence-corrected chi connectivity index (χ0v) is 8.70. The van der Waals surface area contributed by atoms with E-state index in [1.807, 2.05) is 6.66 Å². The van der Waals surface area contributed by atoms with Crippen molar-refractivity contribution in [1.82, 2.24) is 0 Å². The van der Waals surface area contributed by atoms with Gasteiger partial charge in [-0.3, -0.25) is 0 Å². The van der Waals surface area contributed by atoms with Crippen molar-refractivity contribution >= 4 is 18.7 Å². The lowest BCUT2D eigenvalue weighted by molar-refractivity contribution is 0.486. The van der Waals surface area contributed by atoms with E-state index in [9.17, 15) is 4.57 Å². The highest BCUT2D eigenvalue weighted by Gasteiger charge is 2.28. The van der Waals surface area contributed by atoms with Crippen molar-refractivity contribution in [2.24, 2.45) is 0 Å². The largest absolute Gasteiger partial charge is 0.322 e. The van der Waals surface area contributed by atoms with Gasteiger partial charge in [-0.25, -0.2) is 0 Å². The Morgan fingerprint density at radius 1 is 1.36 bits per heavy atom. The standard InChI is InChI=1S/C8H16ClOP/c1-11(10,7-9)8-5-3-2-4-6-8/h8H,2-7H2,1H3. The molecular formula is C8H16ClOP. The first-order chi connectivity index (χ1) is 5.17. The van der Waals surface area contributed by atoms with Crippen LogP contribution in [0, 0.1) is 0 Å². The van der Waals surface area contributed by atoms with Crippen molar-refractivity contribution in [2.75, 3.05) is 12.3 Å². The number of hydrogen-bond acceptors (Lipinski definition) is 1. The molecule has 0 radical (unpaired) electrons. The zero-order chi connectivity index (χ0) is 8.32. The van der Waals surface area contributed by atoms with E-state index in [0.29, 0.717) is 11.3 Å². The molecule has 0 saturated heterocycles. The van der Waals surface area contributed by atoms with Crippen LogP contribution in [0.5, 0.6) is 0 Å². The van der Waals surface area contributed by atoms with Gasteiger partial charge in [0.15, 0.2) is 0 Å². The summed E-state index contributed by atoms with van der Waals surface area (Å²) >= 11 is 5.66. The molecule has 1 aliphatic rings. The predicted molar refractivity (Wildman–Crippen MR) is 51.1 cm³/mol. The Morgan fingerprint density at radius 2 is 1.91 bits per heavy atom. The SMILES string of the molecule is CP(=O)(CCl)C1CCCCC1. The van der Waals surface area contributed by atoms with E-state index in [2.05, 4.69) is 0 Å². The van der Waals surface area contributed by atoms with E-state index in [-0.39, 0.29) is 0 Å². The van der Waals surface area contributed by atoms with E-state index in [0.717, 1.165) is 12.8 Å². The summed E-state index contributed by atoms with van der Waals surface area (Å²) in [6, 6.07) is 0. The first-order valence-electron chi connectivity index (χ1n) is 4.29. The Labute approximate surface area is 73.9 Å². The van der Waals surface area contributed by atoms with Gasteiger partial charge in [-0.15, -0.1) is 11.6 Å². The van der Waals surface area contributed by atoms with E-state index in [1.54, 1.807) is 0 Å². The van der Waals surface area contributed by atoms with Crippen LogP contribution in [0.3, 0.4) is 0 Å². The van der Waals surface area contributed by atoms with Gasteiger partial charge in [0, 0.05) is 5.66 Å². The second-order valence-electron chi connectivity index (χ2n) is 3.59. The Kier molecular flexibility index (Phi) is 3.46. The fraction of sp³-hybridized carbons (Fsp3) is 1.00. The summed E-state index contributed by atoms with van der Waals surface area (Å²) in [6.07, 6.45) is 6.10. The summed E-state index contributed by atoms with van der Waals surface area (Å²) in [6.45, 7) is 1.86. The molecule has 0 aromatic carbocycles. The molecule has 0 aromatic heterocycles. The monoisotopic (exact) mass is 194 g/mol. The third kappa shape index (κ3) is 2.49. The van der Waals surface area contributed by atoms with Gasteiger partial charge in [0.25, 0.3) is 0 Å². The molecule has 1 nitrogen and oxygen atoms in total.